The molecule has 0 unspecified atom stereocenters. The molecule has 5 nitrogen and oxygen atoms in total. The Morgan fingerprint density at radius 3 is 2.40 bits per heavy atom. The predicted molar refractivity (Wildman–Crippen MR) is 79.9 cm³/mol. The Bertz CT molecular complexity index is 479. The molecule has 0 atom stereocenters. The van der Waals surface area contributed by atoms with Crippen molar-refractivity contribution in [1.82, 2.24) is 10.2 Å². The van der Waals surface area contributed by atoms with Crippen molar-refractivity contribution < 1.29 is 4.74 Å². The number of methoxy groups -OCH3 is 1. The zero-order valence-electron chi connectivity index (χ0n) is 13.1. The van der Waals surface area contributed by atoms with Gasteiger partial charge in [-0.3, -0.25) is 0 Å². The van der Waals surface area contributed by atoms with E-state index in [1.54, 1.807) is 7.11 Å². The summed E-state index contributed by atoms with van der Waals surface area (Å²) in [7, 11) is 1.67. The Morgan fingerprint density at radius 1 is 1.25 bits per heavy atom. The number of nitriles is 1. The van der Waals surface area contributed by atoms with Crippen LogP contribution in [-0.2, 0) is 17.6 Å². The topological polar surface area (TPSA) is 62.0 Å². The zero-order chi connectivity index (χ0) is 15.1. The molecule has 5 heteroatoms. The number of hydrogen-bond donors (Lipinski definition) is 0. The number of hydrogen-bond acceptors (Lipinski definition) is 5. The average molecular weight is 276 g/mol. The zero-order valence-corrected chi connectivity index (χ0v) is 13.1. The van der Waals surface area contributed by atoms with Crippen molar-refractivity contribution in [2.45, 2.75) is 46.6 Å². The summed E-state index contributed by atoms with van der Waals surface area (Å²) in [6.07, 6.45) is 1.59. The summed E-state index contributed by atoms with van der Waals surface area (Å²) in [5, 5.41) is 18.1. The van der Waals surface area contributed by atoms with Crippen LogP contribution in [0, 0.1) is 11.3 Å². The molecule has 1 heterocycles. The van der Waals surface area contributed by atoms with E-state index in [1.807, 2.05) is 6.92 Å². The van der Waals surface area contributed by atoms with Gasteiger partial charge in [-0.1, -0.05) is 13.8 Å². The average Bonchev–Trinajstić information content (AvgIpc) is 2.46. The van der Waals surface area contributed by atoms with Gasteiger partial charge in [-0.2, -0.15) is 10.4 Å². The van der Waals surface area contributed by atoms with Crippen LogP contribution < -0.4 is 4.90 Å². The fraction of sp³-hybridized carbons (Fsp3) is 0.667. The van der Waals surface area contributed by atoms with Gasteiger partial charge in [0, 0.05) is 19.7 Å². The summed E-state index contributed by atoms with van der Waals surface area (Å²) in [6, 6.07) is 2.56. The van der Waals surface area contributed by atoms with Crippen molar-refractivity contribution in [3.05, 3.63) is 16.8 Å². The number of rotatable bonds is 7. The summed E-state index contributed by atoms with van der Waals surface area (Å²) >= 11 is 0. The molecule has 0 saturated carbocycles. The molecule has 0 aliphatic heterocycles. The fourth-order valence-electron chi connectivity index (χ4n) is 2.28. The normalized spacial score (nSPS) is 10.7. The van der Waals surface area contributed by atoms with Crippen LogP contribution in [0.5, 0.6) is 0 Å². The third kappa shape index (κ3) is 3.45. The van der Waals surface area contributed by atoms with Crippen molar-refractivity contribution in [3.63, 3.8) is 0 Å². The third-order valence-corrected chi connectivity index (χ3v) is 3.37. The van der Waals surface area contributed by atoms with Gasteiger partial charge in [0.25, 0.3) is 0 Å². The molecule has 110 valence electrons. The molecule has 0 fully saturated rings. The van der Waals surface area contributed by atoms with Crippen LogP contribution in [0.2, 0.25) is 0 Å². The van der Waals surface area contributed by atoms with Gasteiger partial charge in [0.1, 0.15) is 11.6 Å². The number of nitrogens with zero attached hydrogens (tertiary/aromatic N) is 4. The maximum atomic E-state index is 9.53. The van der Waals surface area contributed by atoms with Gasteiger partial charge in [-0.25, -0.2) is 0 Å². The molecule has 0 aliphatic carbocycles. The SMILES string of the molecule is CCc1nnc(N(CCOC)C(C)C)c(C#N)c1CC. The predicted octanol–water partition coefficient (Wildman–Crippen LogP) is 2.33. The molecule has 0 amide bonds. The van der Waals surface area contributed by atoms with E-state index in [0.717, 1.165) is 24.1 Å². The van der Waals surface area contributed by atoms with Crippen LogP contribution in [0.25, 0.3) is 0 Å². The molecule has 1 aromatic rings. The molecule has 20 heavy (non-hydrogen) atoms. The first-order valence-electron chi connectivity index (χ1n) is 7.14. The Labute approximate surface area is 121 Å². The van der Waals surface area contributed by atoms with Gasteiger partial charge in [0.15, 0.2) is 5.82 Å². The summed E-state index contributed by atoms with van der Waals surface area (Å²) < 4.78 is 5.15. The molecule has 1 rings (SSSR count). The van der Waals surface area contributed by atoms with E-state index in [4.69, 9.17) is 4.74 Å². The van der Waals surface area contributed by atoms with E-state index >= 15 is 0 Å². The fourth-order valence-corrected chi connectivity index (χ4v) is 2.28. The summed E-state index contributed by atoms with van der Waals surface area (Å²) in [5.74, 6) is 0.675. The molecule has 0 bridgehead atoms. The number of anilines is 1. The Balaban J connectivity index is 3.31. The van der Waals surface area contributed by atoms with Gasteiger partial charge >= 0.3 is 0 Å². The second-order valence-corrected chi connectivity index (χ2v) is 4.92. The Morgan fingerprint density at radius 2 is 1.95 bits per heavy atom. The minimum atomic E-state index is 0.240. The first-order valence-corrected chi connectivity index (χ1v) is 7.14. The van der Waals surface area contributed by atoms with Crippen molar-refractivity contribution in [1.29, 1.82) is 5.26 Å². The molecule has 0 saturated heterocycles. The maximum Gasteiger partial charge on any atom is 0.169 e. The Kier molecular flexibility index (Phi) is 6.40. The number of aromatic nitrogens is 2. The molecule has 0 radical (unpaired) electrons. The van der Waals surface area contributed by atoms with Gasteiger partial charge in [0.2, 0.25) is 0 Å². The van der Waals surface area contributed by atoms with Crippen molar-refractivity contribution in [2.75, 3.05) is 25.2 Å². The van der Waals surface area contributed by atoms with Gasteiger partial charge in [-0.15, -0.1) is 5.10 Å². The van der Waals surface area contributed by atoms with Crippen LogP contribution in [0.1, 0.15) is 44.5 Å². The summed E-state index contributed by atoms with van der Waals surface area (Å²) in [6.45, 7) is 9.55. The quantitative estimate of drug-likeness (QED) is 0.765. The van der Waals surface area contributed by atoms with Crippen LogP contribution in [0.15, 0.2) is 0 Å². The van der Waals surface area contributed by atoms with E-state index in [-0.39, 0.29) is 6.04 Å². The maximum absolute atomic E-state index is 9.53. The van der Waals surface area contributed by atoms with Crippen molar-refractivity contribution in [2.24, 2.45) is 0 Å². The van der Waals surface area contributed by atoms with E-state index in [1.165, 1.54) is 0 Å². The second-order valence-electron chi connectivity index (χ2n) is 4.92. The van der Waals surface area contributed by atoms with Gasteiger partial charge in [-0.05, 0) is 32.3 Å². The van der Waals surface area contributed by atoms with Crippen LogP contribution in [0.4, 0.5) is 5.82 Å². The highest BCUT2D eigenvalue weighted by molar-refractivity contribution is 5.58. The molecular weight excluding hydrogens is 252 g/mol. The van der Waals surface area contributed by atoms with Crippen molar-refractivity contribution >= 4 is 5.82 Å². The molecule has 1 aromatic heterocycles. The third-order valence-electron chi connectivity index (χ3n) is 3.37. The smallest absolute Gasteiger partial charge is 0.169 e. The van der Waals surface area contributed by atoms with Gasteiger partial charge in [0.05, 0.1) is 12.3 Å². The molecule has 0 N–H and O–H groups in total. The largest absolute Gasteiger partial charge is 0.383 e. The Hall–Kier alpha value is -1.67. The number of ether oxygens (including phenoxy) is 1. The first kappa shape index (κ1) is 16.4. The monoisotopic (exact) mass is 276 g/mol. The van der Waals surface area contributed by atoms with E-state index < -0.39 is 0 Å². The standard InChI is InChI=1S/C15H24N4O/c1-6-12-13(10-16)15(18-17-14(12)7-2)19(11(3)4)8-9-20-5/h11H,6-9H2,1-5H3. The molecule has 0 aromatic carbocycles. The minimum absolute atomic E-state index is 0.240. The highest BCUT2D eigenvalue weighted by Crippen LogP contribution is 2.24. The summed E-state index contributed by atoms with van der Waals surface area (Å²) in [5.41, 5.74) is 2.59. The van der Waals surface area contributed by atoms with E-state index in [9.17, 15) is 5.26 Å². The highest BCUT2D eigenvalue weighted by Gasteiger charge is 2.21. The van der Waals surface area contributed by atoms with E-state index in [2.05, 4.69) is 41.9 Å². The number of aryl methyl sites for hydroxylation is 1. The molecule has 0 aliphatic rings. The molecular formula is C15H24N4O. The first-order chi connectivity index (χ1) is 9.60. The van der Waals surface area contributed by atoms with Crippen LogP contribution in [0.3, 0.4) is 0 Å². The highest BCUT2D eigenvalue weighted by atomic mass is 16.5. The lowest BCUT2D eigenvalue weighted by Gasteiger charge is -2.28. The van der Waals surface area contributed by atoms with Gasteiger partial charge < -0.3 is 9.64 Å². The summed E-state index contributed by atoms with van der Waals surface area (Å²) in [4.78, 5) is 2.08. The lowest BCUT2D eigenvalue weighted by atomic mass is 10.0. The second kappa shape index (κ2) is 7.81. The van der Waals surface area contributed by atoms with Crippen LogP contribution in [-0.4, -0.2) is 36.5 Å². The minimum Gasteiger partial charge on any atom is -0.383 e. The lowest BCUT2D eigenvalue weighted by Crippen LogP contribution is -2.35. The molecule has 0 spiro atoms. The van der Waals surface area contributed by atoms with E-state index in [0.29, 0.717) is 24.5 Å². The van der Waals surface area contributed by atoms with Crippen molar-refractivity contribution in [3.8, 4) is 6.07 Å². The van der Waals surface area contributed by atoms with Crippen LogP contribution >= 0.6 is 0 Å². The lowest BCUT2D eigenvalue weighted by molar-refractivity contribution is 0.203.